The van der Waals surface area contributed by atoms with Crippen molar-refractivity contribution in [2.45, 2.75) is 45.6 Å². The summed E-state index contributed by atoms with van der Waals surface area (Å²) in [5.41, 5.74) is 2.70. The lowest BCUT2D eigenvalue weighted by molar-refractivity contribution is 0.0981. The van der Waals surface area contributed by atoms with Crippen molar-refractivity contribution in [3.05, 3.63) is 64.4 Å². The van der Waals surface area contributed by atoms with Crippen LogP contribution in [0.2, 0.25) is 30.7 Å². The molecule has 1 N–H and O–H groups in total. The smallest absolute Gasteiger partial charge is 0.264 e. The Morgan fingerprint density at radius 2 is 1.87 bits per heavy atom. The maximum absolute atomic E-state index is 12.7. The third-order valence-electron chi connectivity index (χ3n) is 5.08. The van der Waals surface area contributed by atoms with Crippen LogP contribution in [0, 0.1) is 6.92 Å². The molecule has 1 heterocycles. The number of imidazole rings is 1. The molecule has 0 spiro atoms. The number of amides is 1. The Balaban J connectivity index is 1.81. The van der Waals surface area contributed by atoms with Crippen LogP contribution in [0.15, 0.2) is 42.5 Å². The van der Waals surface area contributed by atoms with E-state index < -0.39 is 24.0 Å². The number of sulfonamides is 1. The number of carbonyl (C=O) groups excluding carboxylic acids is 1. The second kappa shape index (κ2) is 9.14. The number of fused-ring (bicyclic) bond motifs is 1. The number of aromatic nitrogens is 2. The fourth-order valence-electron chi connectivity index (χ4n) is 3.42. The lowest BCUT2D eigenvalue weighted by Gasteiger charge is -2.15. The normalized spacial score (nSPS) is 12.3. The summed E-state index contributed by atoms with van der Waals surface area (Å²) in [6.07, 6.45) is 0.557. The minimum atomic E-state index is -3.68. The molecule has 2 aromatic carbocycles. The molecule has 0 radical (unpaired) electrons. The van der Waals surface area contributed by atoms with Crippen LogP contribution in [-0.2, 0) is 16.6 Å². The van der Waals surface area contributed by atoms with Gasteiger partial charge in [-0.1, -0.05) is 55.5 Å². The van der Waals surface area contributed by atoms with Gasteiger partial charge in [0.2, 0.25) is 10.0 Å². The predicted molar refractivity (Wildman–Crippen MR) is 129 cm³/mol. The van der Waals surface area contributed by atoms with Crippen LogP contribution in [0.4, 0.5) is 0 Å². The number of benzene rings is 2. The first-order chi connectivity index (χ1) is 14.5. The van der Waals surface area contributed by atoms with Gasteiger partial charge in [0.25, 0.3) is 5.91 Å². The van der Waals surface area contributed by atoms with E-state index in [-0.39, 0.29) is 11.3 Å². The number of hydrogen-bond acceptors (Lipinski definition) is 4. The van der Waals surface area contributed by atoms with Gasteiger partial charge in [-0.25, -0.2) is 18.1 Å². The summed E-state index contributed by atoms with van der Waals surface area (Å²) in [4.78, 5) is 17.2. The van der Waals surface area contributed by atoms with Crippen LogP contribution in [0.5, 0.6) is 0 Å². The maximum Gasteiger partial charge on any atom is 0.264 e. The highest BCUT2D eigenvalue weighted by atomic mass is 35.5. The standard InChI is InChI=1S/C22H28ClN3O3SSi/c1-16-24-20-11-10-17(22(27)25-30(28,29)12-7-13-31(2,3)4)14-21(20)26(16)15-18-8-5-6-9-19(18)23/h5-6,8-11,14H,7,12-13,15H2,1-4H3,(H,25,27). The molecule has 1 amide bonds. The fourth-order valence-corrected chi connectivity index (χ4v) is 6.14. The molecule has 0 fully saturated rings. The van der Waals surface area contributed by atoms with Gasteiger partial charge in [0.1, 0.15) is 5.82 Å². The van der Waals surface area contributed by atoms with Gasteiger partial charge >= 0.3 is 0 Å². The molecule has 6 nitrogen and oxygen atoms in total. The zero-order valence-corrected chi connectivity index (χ0v) is 20.8. The van der Waals surface area contributed by atoms with E-state index >= 15 is 0 Å². The highest BCUT2D eigenvalue weighted by Gasteiger charge is 2.20. The van der Waals surface area contributed by atoms with E-state index in [1.54, 1.807) is 18.2 Å². The number of nitrogens with zero attached hydrogens (tertiary/aromatic N) is 2. The molecule has 0 atom stereocenters. The Bertz CT molecular complexity index is 1220. The number of aryl methyl sites for hydroxylation is 1. The Morgan fingerprint density at radius 1 is 1.16 bits per heavy atom. The minimum absolute atomic E-state index is 0.0468. The van der Waals surface area contributed by atoms with Crippen LogP contribution in [0.1, 0.15) is 28.2 Å². The number of nitrogens with one attached hydrogen (secondary N) is 1. The van der Waals surface area contributed by atoms with Gasteiger partial charge < -0.3 is 4.57 Å². The molecule has 0 aliphatic rings. The molecule has 0 aliphatic carbocycles. The van der Waals surface area contributed by atoms with Gasteiger partial charge in [0, 0.05) is 18.7 Å². The summed E-state index contributed by atoms with van der Waals surface area (Å²) in [5.74, 6) is 0.110. The second-order valence-corrected chi connectivity index (χ2v) is 16.8. The second-order valence-electron chi connectivity index (χ2n) is 8.95. The van der Waals surface area contributed by atoms with E-state index in [0.29, 0.717) is 18.0 Å². The SMILES string of the molecule is Cc1nc2ccc(C(=O)NS(=O)(=O)CCC[Si](C)(C)C)cc2n1Cc1ccccc1Cl. The summed E-state index contributed by atoms with van der Waals surface area (Å²) in [6.45, 7) is 8.98. The van der Waals surface area contributed by atoms with E-state index in [9.17, 15) is 13.2 Å². The summed E-state index contributed by atoms with van der Waals surface area (Å²) < 4.78 is 28.9. The molecule has 166 valence electrons. The van der Waals surface area contributed by atoms with Crippen molar-refractivity contribution >= 4 is 46.6 Å². The van der Waals surface area contributed by atoms with Crippen molar-refractivity contribution in [1.29, 1.82) is 0 Å². The molecular weight excluding hydrogens is 450 g/mol. The van der Waals surface area contributed by atoms with Gasteiger partial charge in [0.15, 0.2) is 0 Å². The zero-order valence-electron chi connectivity index (χ0n) is 18.3. The molecule has 1 aromatic heterocycles. The zero-order chi connectivity index (χ0) is 22.8. The van der Waals surface area contributed by atoms with Crippen molar-refractivity contribution in [1.82, 2.24) is 14.3 Å². The topological polar surface area (TPSA) is 81.1 Å². The van der Waals surface area contributed by atoms with Crippen molar-refractivity contribution in [3.8, 4) is 0 Å². The van der Waals surface area contributed by atoms with E-state index in [0.717, 1.165) is 28.5 Å². The van der Waals surface area contributed by atoms with Crippen LogP contribution in [-0.4, -0.2) is 37.7 Å². The molecule has 31 heavy (non-hydrogen) atoms. The lowest BCUT2D eigenvalue weighted by atomic mass is 10.2. The number of rotatable bonds is 8. The van der Waals surface area contributed by atoms with Crippen LogP contribution in [0.25, 0.3) is 11.0 Å². The number of hydrogen-bond donors (Lipinski definition) is 1. The number of carbonyl (C=O) groups is 1. The first-order valence-corrected chi connectivity index (χ1v) is 15.9. The molecule has 0 saturated heterocycles. The Morgan fingerprint density at radius 3 is 2.55 bits per heavy atom. The molecule has 9 heteroatoms. The summed E-state index contributed by atoms with van der Waals surface area (Å²) in [5, 5.41) is 0.655. The quantitative estimate of drug-likeness (QED) is 0.471. The molecule has 0 unspecified atom stereocenters. The third kappa shape index (κ3) is 6.18. The molecule has 0 bridgehead atoms. The molecule has 0 aliphatic heterocycles. The molecular formula is C22H28ClN3O3SSi. The van der Waals surface area contributed by atoms with Crippen molar-refractivity contribution < 1.29 is 13.2 Å². The van der Waals surface area contributed by atoms with Crippen LogP contribution in [0.3, 0.4) is 0 Å². The van der Waals surface area contributed by atoms with Crippen LogP contribution < -0.4 is 4.72 Å². The maximum atomic E-state index is 12.7. The van der Waals surface area contributed by atoms with Gasteiger partial charge in [0.05, 0.1) is 23.3 Å². The monoisotopic (exact) mass is 477 g/mol. The minimum Gasteiger partial charge on any atom is -0.324 e. The van der Waals surface area contributed by atoms with Crippen LogP contribution >= 0.6 is 11.6 Å². The van der Waals surface area contributed by atoms with Gasteiger partial charge in [-0.15, -0.1) is 0 Å². The first kappa shape index (κ1) is 23.5. The van der Waals surface area contributed by atoms with Crippen molar-refractivity contribution in [3.63, 3.8) is 0 Å². The van der Waals surface area contributed by atoms with E-state index in [1.165, 1.54) is 0 Å². The van der Waals surface area contributed by atoms with Crippen molar-refractivity contribution in [2.75, 3.05) is 5.75 Å². The molecule has 0 saturated carbocycles. The summed E-state index contributed by atoms with van der Waals surface area (Å²) in [7, 11) is -5.01. The lowest BCUT2D eigenvalue weighted by Crippen LogP contribution is -2.33. The van der Waals surface area contributed by atoms with E-state index in [2.05, 4.69) is 29.3 Å². The highest BCUT2D eigenvalue weighted by molar-refractivity contribution is 7.90. The Kier molecular flexibility index (Phi) is 6.93. The average molecular weight is 478 g/mol. The first-order valence-electron chi connectivity index (χ1n) is 10.2. The van der Waals surface area contributed by atoms with E-state index in [1.807, 2.05) is 35.8 Å². The predicted octanol–water partition coefficient (Wildman–Crippen LogP) is 4.83. The Labute approximate surface area is 189 Å². The van der Waals surface area contributed by atoms with Crippen molar-refractivity contribution in [2.24, 2.45) is 0 Å². The highest BCUT2D eigenvalue weighted by Crippen LogP contribution is 2.23. The van der Waals surface area contributed by atoms with Gasteiger partial charge in [-0.2, -0.15) is 0 Å². The summed E-state index contributed by atoms with van der Waals surface area (Å²) in [6, 6.07) is 13.5. The molecule has 3 rings (SSSR count). The molecule has 3 aromatic rings. The average Bonchev–Trinajstić information content (AvgIpc) is 2.96. The third-order valence-corrected chi connectivity index (χ3v) is 8.62. The van der Waals surface area contributed by atoms with Gasteiger partial charge in [-0.3, -0.25) is 4.79 Å². The summed E-state index contributed by atoms with van der Waals surface area (Å²) >= 11 is 6.31. The fraction of sp³-hybridized carbons (Fsp3) is 0.364. The van der Waals surface area contributed by atoms with E-state index in [4.69, 9.17) is 11.6 Å². The Hall–Kier alpha value is -2.16. The van der Waals surface area contributed by atoms with Gasteiger partial charge in [-0.05, 0) is 43.2 Å². The largest absolute Gasteiger partial charge is 0.324 e. The number of halogens is 1.